The Morgan fingerprint density at radius 2 is 2.10 bits per heavy atom. The molecule has 1 aromatic rings. The molecule has 2 unspecified atom stereocenters. The predicted octanol–water partition coefficient (Wildman–Crippen LogP) is 4.43. The second kappa shape index (κ2) is 7.26. The van der Waals surface area contributed by atoms with Crippen molar-refractivity contribution in [2.45, 2.75) is 52.5 Å². The molecule has 3 heteroatoms. The quantitative estimate of drug-likeness (QED) is 0.883. The highest BCUT2D eigenvalue weighted by atomic mass is 19.1. The lowest BCUT2D eigenvalue weighted by molar-refractivity contribution is 0.459. The first-order valence-electron chi connectivity index (χ1n) is 8.29. The van der Waals surface area contributed by atoms with E-state index in [4.69, 9.17) is 0 Å². The van der Waals surface area contributed by atoms with Gasteiger partial charge in [0.2, 0.25) is 0 Å². The lowest BCUT2D eigenvalue weighted by Crippen LogP contribution is -2.27. The van der Waals surface area contributed by atoms with Gasteiger partial charge in [-0.25, -0.2) is 4.39 Å². The van der Waals surface area contributed by atoms with Gasteiger partial charge in [0.1, 0.15) is 5.82 Å². The Morgan fingerprint density at radius 1 is 1.33 bits per heavy atom. The van der Waals surface area contributed by atoms with E-state index in [1.165, 1.54) is 31.4 Å². The Bertz CT molecular complexity index is 473. The van der Waals surface area contributed by atoms with Crippen molar-refractivity contribution >= 4 is 5.69 Å². The van der Waals surface area contributed by atoms with Crippen LogP contribution in [0, 0.1) is 18.7 Å². The molecule has 21 heavy (non-hydrogen) atoms. The summed E-state index contributed by atoms with van der Waals surface area (Å²) in [5.74, 6) is 0.749. The second-order valence-corrected chi connectivity index (χ2v) is 6.36. The minimum Gasteiger partial charge on any atom is -0.371 e. The van der Waals surface area contributed by atoms with Crippen LogP contribution in [-0.4, -0.2) is 20.1 Å². The minimum atomic E-state index is -0.0999. The lowest BCUT2D eigenvalue weighted by atomic mass is 9.98. The van der Waals surface area contributed by atoms with E-state index in [1.54, 1.807) is 6.07 Å². The van der Waals surface area contributed by atoms with Gasteiger partial charge in [-0.05, 0) is 69.3 Å². The number of benzene rings is 1. The van der Waals surface area contributed by atoms with Gasteiger partial charge in [-0.2, -0.15) is 0 Å². The molecule has 0 bridgehead atoms. The third-order valence-electron chi connectivity index (χ3n) is 4.97. The topological polar surface area (TPSA) is 15.3 Å². The van der Waals surface area contributed by atoms with Crippen LogP contribution in [0.15, 0.2) is 12.1 Å². The number of nitrogens with zero attached hydrogens (tertiary/aromatic N) is 1. The molecule has 1 aromatic carbocycles. The number of halogens is 1. The van der Waals surface area contributed by atoms with Crippen LogP contribution >= 0.6 is 0 Å². The van der Waals surface area contributed by atoms with E-state index in [9.17, 15) is 4.39 Å². The Morgan fingerprint density at radius 3 is 2.76 bits per heavy atom. The third kappa shape index (κ3) is 3.76. The maximum Gasteiger partial charge on any atom is 0.126 e. The van der Waals surface area contributed by atoms with E-state index in [0.717, 1.165) is 30.1 Å². The molecule has 0 radical (unpaired) electrons. The average Bonchev–Trinajstić information content (AvgIpc) is 2.74. The summed E-state index contributed by atoms with van der Waals surface area (Å²) in [7, 11) is 1.93. The molecule has 0 aliphatic carbocycles. The summed E-state index contributed by atoms with van der Waals surface area (Å²) in [5, 5.41) is 3.25. The Labute approximate surface area is 128 Å². The van der Waals surface area contributed by atoms with Crippen LogP contribution in [0.5, 0.6) is 0 Å². The van der Waals surface area contributed by atoms with E-state index < -0.39 is 0 Å². The molecule has 2 nitrogen and oxygen atoms in total. The van der Waals surface area contributed by atoms with Gasteiger partial charge in [-0.15, -0.1) is 0 Å². The Kier molecular flexibility index (Phi) is 5.63. The van der Waals surface area contributed by atoms with Crippen LogP contribution in [0.4, 0.5) is 10.1 Å². The van der Waals surface area contributed by atoms with Gasteiger partial charge in [0.05, 0.1) is 0 Å². The zero-order valence-electron chi connectivity index (χ0n) is 13.9. The van der Waals surface area contributed by atoms with Crippen LogP contribution in [0.3, 0.4) is 0 Å². The van der Waals surface area contributed by atoms with Crippen LogP contribution in [0.2, 0.25) is 0 Å². The number of hydrogen-bond donors (Lipinski definition) is 1. The van der Waals surface area contributed by atoms with Crippen LogP contribution < -0.4 is 10.2 Å². The van der Waals surface area contributed by atoms with Crippen molar-refractivity contribution in [3.63, 3.8) is 0 Å². The summed E-state index contributed by atoms with van der Waals surface area (Å²) >= 11 is 0. The van der Waals surface area contributed by atoms with E-state index >= 15 is 0 Å². The standard InChI is InChI=1S/C18H29FN2/c1-5-15-7-6-9-21(10-8-15)18-11-13(2)17(19)12-16(18)14(3)20-4/h11-12,14-15,20H,5-10H2,1-4H3. The highest BCUT2D eigenvalue weighted by Crippen LogP contribution is 2.32. The van der Waals surface area contributed by atoms with E-state index in [1.807, 2.05) is 20.0 Å². The molecule has 118 valence electrons. The molecular formula is C18H29FN2. The molecule has 0 amide bonds. The molecule has 0 spiro atoms. The molecule has 1 aliphatic heterocycles. The van der Waals surface area contributed by atoms with Crippen LogP contribution in [0.25, 0.3) is 0 Å². The molecule has 2 atom stereocenters. The summed E-state index contributed by atoms with van der Waals surface area (Å²) in [5.41, 5.74) is 3.04. The normalized spacial score (nSPS) is 21.2. The highest BCUT2D eigenvalue weighted by molar-refractivity contribution is 5.57. The van der Waals surface area contributed by atoms with Gasteiger partial charge in [0, 0.05) is 24.8 Å². The second-order valence-electron chi connectivity index (χ2n) is 6.36. The summed E-state index contributed by atoms with van der Waals surface area (Å²) in [6, 6.07) is 3.92. The first kappa shape index (κ1) is 16.3. The van der Waals surface area contributed by atoms with Crippen molar-refractivity contribution in [1.29, 1.82) is 0 Å². The fourth-order valence-corrected chi connectivity index (χ4v) is 3.27. The van der Waals surface area contributed by atoms with Gasteiger partial charge in [0.25, 0.3) is 0 Å². The predicted molar refractivity (Wildman–Crippen MR) is 88.5 cm³/mol. The van der Waals surface area contributed by atoms with Crippen LogP contribution in [-0.2, 0) is 0 Å². The van der Waals surface area contributed by atoms with Crippen molar-refractivity contribution in [3.05, 3.63) is 29.1 Å². The smallest absolute Gasteiger partial charge is 0.126 e. The minimum absolute atomic E-state index is 0.0999. The van der Waals surface area contributed by atoms with Crippen molar-refractivity contribution in [1.82, 2.24) is 5.32 Å². The van der Waals surface area contributed by atoms with Crippen molar-refractivity contribution < 1.29 is 4.39 Å². The van der Waals surface area contributed by atoms with Crippen LogP contribution in [0.1, 0.15) is 56.7 Å². The first-order valence-corrected chi connectivity index (χ1v) is 8.29. The number of nitrogens with one attached hydrogen (secondary N) is 1. The Hall–Kier alpha value is -1.09. The largest absolute Gasteiger partial charge is 0.371 e. The molecule has 0 saturated carbocycles. The summed E-state index contributed by atoms with van der Waals surface area (Å²) in [4.78, 5) is 2.46. The molecule has 1 saturated heterocycles. The van der Waals surface area contributed by atoms with Crippen molar-refractivity contribution in [3.8, 4) is 0 Å². The zero-order valence-corrected chi connectivity index (χ0v) is 13.9. The molecule has 1 N–H and O–H groups in total. The molecule has 1 aliphatic rings. The summed E-state index contributed by atoms with van der Waals surface area (Å²) in [6.07, 6.45) is 5.09. The lowest BCUT2D eigenvalue weighted by Gasteiger charge is -2.28. The highest BCUT2D eigenvalue weighted by Gasteiger charge is 2.21. The van der Waals surface area contributed by atoms with Gasteiger partial charge < -0.3 is 10.2 Å². The fraction of sp³-hybridized carbons (Fsp3) is 0.667. The van der Waals surface area contributed by atoms with Crippen molar-refractivity contribution in [2.24, 2.45) is 5.92 Å². The summed E-state index contributed by atoms with van der Waals surface area (Å²) in [6.45, 7) is 8.43. The first-order chi connectivity index (χ1) is 10.1. The van der Waals surface area contributed by atoms with E-state index in [2.05, 4.69) is 24.1 Å². The maximum absolute atomic E-state index is 14.0. The van der Waals surface area contributed by atoms with Gasteiger partial charge in [-0.1, -0.05) is 13.3 Å². The zero-order chi connectivity index (χ0) is 15.4. The SMILES string of the molecule is CCC1CCCN(c2cc(C)c(F)cc2C(C)NC)CC1. The molecular weight excluding hydrogens is 263 g/mol. The number of aryl methyl sites for hydroxylation is 1. The number of rotatable bonds is 4. The average molecular weight is 292 g/mol. The molecule has 0 aromatic heterocycles. The molecule has 1 heterocycles. The molecule has 2 rings (SSSR count). The Balaban J connectivity index is 2.31. The number of hydrogen-bond acceptors (Lipinski definition) is 2. The maximum atomic E-state index is 14.0. The van der Waals surface area contributed by atoms with Crippen molar-refractivity contribution in [2.75, 3.05) is 25.0 Å². The van der Waals surface area contributed by atoms with Gasteiger partial charge >= 0.3 is 0 Å². The van der Waals surface area contributed by atoms with Gasteiger partial charge in [-0.3, -0.25) is 0 Å². The van der Waals surface area contributed by atoms with E-state index in [0.29, 0.717) is 0 Å². The molecule has 1 fully saturated rings. The van der Waals surface area contributed by atoms with Gasteiger partial charge in [0.15, 0.2) is 0 Å². The summed E-state index contributed by atoms with van der Waals surface area (Å²) < 4.78 is 14.0. The monoisotopic (exact) mass is 292 g/mol. The fourth-order valence-electron chi connectivity index (χ4n) is 3.27. The van der Waals surface area contributed by atoms with E-state index in [-0.39, 0.29) is 11.9 Å². The number of anilines is 1. The third-order valence-corrected chi connectivity index (χ3v) is 4.97.